The van der Waals surface area contributed by atoms with Crippen LogP contribution in [0.2, 0.25) is 0 Å². The predicted molar refractivity (Wildman–Crippen MR) is 56.8 cm³/mol. The van der Waals surface area contributed by atoms with Gasteiger partial charge in [0.1, 0.15) is 22.9 Å². The van der Waals surface area contributed by atoms with Gasteiger partial charge < -0.3 is 15.3 Å². The van der Waals surface area contributed by atoms with Gasteiger partial charge in [0.25, 0.3) is 5.91 Å². The van der Waals surface area contributed by atoms with E-state index in [2.05, 4.69) is 5.32 Å². The Morgan fingerprint density at radius 2 is 1.94 bits per heavy atom. The number of aromatic hydroxyl groups is 1. The minimum Gasteiger partial charge on any atom is -0.507 e. The highest BCUT2D eigenvalue weighted by Crippen LogP contribution is 2.23. The van der Waals surface area contributed by atoms with E-state index in [1.165, 1.54) is 4.90 Å². The lowest BCUT2D eigenvalue weighted by atomic mass is 10.1. The first-order valence-electron chi connectivity index (χ1n) is 5.27. The number of phenols is 1. The molecule has 0 saturated carbocycles. The van der Waals surface area contributed by atoms with Gasteiger partial charge in [0, 0.05) is 38.3 Å². The molecule has 0 atom stereocenters. The van der Waals surface area contributed by atoms with Gasteiger partial charge in [-0.25, -0.2) is 8.78 Å². The Labute approximate surface area is 96.8 Å². The third-order valence-electron chi connectivity index (χ3n) is 2.65. The number of carbonyl (C=O) groups is 1. The van der Waals surface area contributed by atoms with E-state index < -0.39 is 28.9 Å². The van der Waals surface area contributed by atoms with Crippen LogP contribution >= 0.6 is 0 Å². The Kier molecular flexibility index (Phi) is 3.23. The van der Waals surface area contributed by atoms with Crippen LogP contribution in [0, 0.1) is 11.6 Å². The molecule has 0 aliphatic carbocycles. The highest BCUT2D eigenvalue weighted by molar-refractivity contribution is 5.97. The molecule has 1 saturated heterocycles. The van der Waals surface area contributed by atoms with E-state index in [0.717, 1.165) is 6.07 Å². The summed E-state index contributed by atoms with van der Waals surface area (Å²) in [6.07, 6.45) is 0. The number of piperazine rings is 1. The fourth-order valence-corrected chi connectivity index (χ4v) is 1.80. The second-order valence-electron chi connectivity index (χ2n) is 3.82. The molecule has 0 bridgehead atoms. The van der Waals surface area contributed by atoms with Gasteiger partial charge >= 0.3 is 0 Å². The summed E-state index contributed by atoms with van der Waals surface area (Å²) in [5, 5.41) is 12.5. The van der Waals surface area contributed by atoms with E-state index in [-0.39, 0.29) is 0 Å². The number of benzene rings is 1. The van der Waals surface area contributed by atoms with Crippen molar-refractivity contribution in [3.8, 4) is 5.75 Å². The molecule has 6 heteroatoms. The summed E-state index contributed by atoms with van der Waals surface area (Å²) in [4.78, 5) is 13.4. The molecular weight excluding hydrogens is 230 g/mol. The van der Waals surface area contributed by atoms with E-state index in [1.54, 1.807) is 0 Å². The quantitative estimate of drug-likeness (QED) is 0.762. The maximum absolute atomic E-state index is 13.5. The number of hydrogen-bond acceptors (Lipinski definition) is 3. The van der Waals surface area contributed by atoms with Crippen LogP contribution in [0.25, 0.3) is 0 Å². The predicted octanol–water partition coefficient (Wildman–Crippen LogP) is 0.716. The lowest BCUT2D eigenvalue weighted by Crippen LogP contribution is -2.46. The van der Waals surface area contributed by atoms with Crippen molar-refractivity contribution in [3.05, 3.63) is 29.3 Å². The molecule has 92 valence electrons. The van der Waals surface area contributed by atoms with Gasteiger partial charge in [0.05, 0.1) is 0 Å². The highest BCUT2D eigenvalue weighted by atomic mass is 19.1. The molecule has 1 heterocycles. The summed E-state index contributed by atoms with van der Waals surface area (Å²) in [5.74, 6) is -3.21. The van der Waals surface area contributed by atoms with Crippen LogP contribution < -0.4 is 5.32 Å². The lowest BCUT2D eigenvalue weighted by Gasteiger charge is -2.27. The zero-order valence-electron chi connectivity index (χ0n) is 9.04. The van der Waals surface area contributed by atoms with Gasteiger partial charge in [0.2, 0.25) is 0 Å². The first kappa shape index (κ1) is 11.8. The van der Waals surface area contributed by atoms with Crippen LogP contribution in [0.4, 0.5) is 8.78 Å². The maximum atomic E-state index is 13.5. The molecule has 17 heavy (non-hydrogen) atoms. The van der Waals surface area contributed by atoms with E-state index in [0.29, 0.717) is 32.2 Å². The second-order valence-corrected chi connectivity index (χ2v) is 3.82. The Hall–Kier alpha value is -1.69. The van der Waals surface area contributed by atoms with E-state index in [1.807, 2.05) is 0 Å². The molecule has 0 aromatic heterocycles. The standard InChI is InChI=1S/C11H12F2N2O2/c12-7-5-8(13)10(9(16)6-7)11(17)15-3-1-14-2-4-15/h5-6,14,16H,1-4H2. The number of amides is 1. The molecule has 1 aliphatic rings. The second kappa shape index (κ2) is 4.67. The Bertz CT molecular complexity index is 422. The van der Waals surface area contributed by atoms with Gasteiger partial charge in [-0.15, -0.1) is 0 Å². The number of carbonyl (C=O) groups excluding carboxylic acids is 1. The number of halogens is 2. The summed E-state index contributed by atoms with van der Waals surface area (Å²) >= 11 is 0. The molecule has 2 N–H and O–H groups in total. The Morgan fingerprint density at radius 3 is 2.53 bits per heavy atom. The summed E-state index contributed by atoms with van der Waals surface area (Å²) in [6.45, 7) is 2.12. The lowest BCUT2D eigenvalue weighted by molar-refractivity contribution is 0.0727. The van der Waals surface area contributed by atoms with Gasteiger partial charge in [0.15, 0.2) is 0 Å². The number of phenolic OH excluding ortho intramolecular Hbond substituents is 1. The van der Waals surface area contributed by atoms with Crippen molar-refractivity contribution < 1.29 is 18.7 Å². The minimum atomic E-state index is -1.04. The van der Waals surface area contributed by atoms with Gasteiger partial charge in [-0.3, -0.25) is 4.79 Å². The molecule has 4 nitrogen and oxygen atoms in total. The summed E-state index contributed by atoms with van der Waals surface area (Å²) < 4.78 is 26.2. The van der Waals surface area contributed by atoms with Crippen molar-refractivity contribution >= 4 is 5.91 Å². The van der Waals surface area contributed by atoms with Crippen molar-refractivity contribution in [1.82, 2.24) is 10.2 Å². The highest BCUT2D eigenvalue weighted by Gasteiger charge is 2.24. The first-order chi connectivity index (χ1) is 8.09. The molecule has 0 radical (unpaired) electrons. The Balaban J connectivity index is 2.30. The van der Waals surface area contributed by atoms with E-state index >= 15 is 0 Å². The van der Waals surface area contributed by atoms with E-state index in [4.69, 9.17) is 0 Å². The SMILES string of the molecule is O=C(c1c(O)cc(F)cc1F)N1CCNCC1. The summed E-state index contributed by atoms with van der Waals surface area (Å²) in [5.41, 5.74) is -0.465. The minimum absolute atomic E-state index is 0.440. The van der Waals surface area contributed by atoms with Gasteiger partial charge in [-0.1, -0.05) is 0 Å². The summed E-state index contributed by atoms with van der Waals surface area (Å²) in [7, 11) is 0. The van der Waals surface area contributed by atoms with Crippen LogP contribution in [0.1, 0.15) is 10.4 Å². The summed E-state index contributed by atoms with van der Waals surface area (Å²) in [6, 6.07) is 1.33. The molecule has 2 rings (SSSR count). The molecule has 1 amide bonds. The number of hydrogen-bond donors (Lipinski definition) is 2. The fourth-order valence-electron chi connectivity index (χ4n) is 1.80. The Morgan fingerprint density at radius 1 is 1.29 bits per heavy atom. The maximum Gasteiger partial charge on any atom is 0.260 e. The fraction of sp³-hybridized carbons (Fsp3) is 0.364. The average molecular weight is 242 g/mol. The van der Waals surface area contributed by atoms with Crippen molar-refractivity contribution in [3.63, 3.8) is 0 Å². The molecule has 0 spiro atoms. The van der Waals surface area contributed by atoms with Crippen molar-refractivity contribution in [2.45, 2.75) is 0 Å². The molecular formula is C11H12F2N2O2. The molecule has 1 fully saturated rings. The largest absolute Gasteiger partial charge is 0.507 e. The van der Waals surface area contributed by atoms with Crippen molar-refractivity contribution in [2.75, 3.05) is 26.2 Å². The van der Waals surface area contributed by atoms with Crippen molar-refractivity contribution in [2.24, 2.45) is 0 Å². The molecule has 1 aliphatic heterocycles. The third-order valence-corrected chi connectivity index (χ3v) is 2.65. The van der Waals surface area contributed by atoms with Crippen LogP contribution in [-0.2, 0) is 0 Å². The number of nitrogens with one attached hydrogen (secondary N) is 1. The van der Waals surface area contributed by atoms with E-state index in [9.17, 15) is 18.7 Å². The van der Waals surface area contributed by atoms with Crippen LogP contribution in [0.15, 0.2) is 12.1 Å². The van der Waals surface area contributed by atoms with Crippen LogP contribution in [0.3, 0.4) is 0 Å². The van der Waals surface area contributed by atoms with Gasteiger partial charge in [-0.2, -0.15) is 0 Å². The monoisotopic (exact) mass is 242 g/mol. The topological polar surface area (TPSA) is 52.6 Å². The first-order valence-corrected chi connectivity index (χ1v) is 5.27. The number of nitrogens with zero attached hydrogens (tertiary/aromatic N) is 1. The number of rotatable bonds is 1. The van der Waals surface area contributed by atoms with Crippen LogP contribution in [0.5, 0.6) is 5.75 Å². The normalized spacial score (nSPS) is 16.0. The van der Waals surface area contributed by atoms with Crippen molar-refractivity contribution in [1.29, 1.82) is 0 Å². The van der Waals surface area contributed by atoms with Crippen LogP contribution in [-0.4, -0.2) is 42.1 Å². The molecule has 1 aromatic rings. The molecule has 1 aromatic carbocycles. The zero-order valence-corrected chi connectivity index (χ0v) is 9.04. The van der Waals surface area contributed by atoms with Gasteiger partial charge in [-0.05, 0) is 0 Å². The smallest absolute Gasteiger partial charge is 0.260 e. The zero-order chi connectivity index (χ0) is 12.4. The molecule has 0 unspecified atom stereocenters. The average Bonchev–Trinajstić information content (AvgIpc) is 2.28. The third kappa shape index (κ3) is 2.36.